The van der Waals surface area contributed by atoms with E-state index in [0.29, 0.717) is 22.3 Å². The monoisotopic (exact) mass is 367 g/mol. The molecule has 0 bridgehead atoms. The van der Waals surface area contributed by atoms with Gasteiger partial charge in [0.05, 0.1) is 27.2 Å². The zero-order chi connectivity index (χ0) is 17.7. The molecular weight excluding hydrogens is 353 g/mol. The number of benzene rings is 2. The standard InChI is InChI=1S/C16H15Cl2N3O3/c1-20(9-11-5-7-12(8-6-11)21(23)24)10-15(22)19-16-13(17)3-2-4-14(16)18/h2-8H,9-10H2,1H3,(H,19,22). The molecule has 2 aromatic rings. The number of anilines is 1. The van der Waals surface area contributed by atoms with Gasteiger partial charge >= 0.3 is 0 Å². The van der Waals surface area contributed by atoms with Crippen LogP contribution in [0.25, 0.3) is 0 Å². The van der Waals surface area contributed by atoms with Crippen LogP contribution in [-0.4, -0.2) is 29.3 Å². The molecule has 0 saturated heterocycles. The largest absolute Gasteiger partial charge is 0.322 e. The number of likely N-dealkylation sites (N-methyl/N-ethyl adjacent to an activating group) is 1. The highest BCUT2D eigenvalue weighted by molar-refractivity contribution is 6.39. The maximum absolute atomic E-state index is 12.1. The maximum atomic E-state index is 12.1. The first-order chi connectivity index (χ1) is 11.4. The van der Waals surface area contributed by atoms with Gasteiger partial charge in [-0.15, -0.1) is 0 Å². The lowest BCUT2D eigenvalue weighted by molar-refractivity contribution is -0.384. The molecule has 6 nitrogen and oxygen atoms in total. The van der Waals surface area contributed by atoms with Gasteiger partial charge in [-0.1, -0.05) is 41.4 Å². The van der Waals surface area contributed by atoms with Crippen molar-refractivity contribution in [2.24, 2.45) is 0 Å². The van der Waals surface area contributed by atoms with Crippen molar-refractivity contribution in [3.05, 3.63) is 68.2 Å². The Morgan fingerprint density at radius 1 is 1.17 bits per heavy atom. The highest BCUT2D eigenvalue weighted by Crippen LogP contribution is 2.29. The molecule has 0 radical (unpaired) electrons. The number of nitro groups is 1. The van der Waals surface area contributed by atoms with E-state index in [0.717, 1.165) is 5.56 Å². The number of nitrogens with zero attached hydrogens (tertiary/aromatic N) is 2. The number of carbonyl (C=O) groups excluding carboxylic acids is 1. The minimum Gasteiger partial charge on any atom is -0.322 e. The van der Waals surface area contributed by atoms with E-state index >= 15 is 0 Å². The maximum Gasteiger partial charge on any atom is 0.269 e. The number of nitrogens with one attached hydrogen (secondary N) is 1. The van der Waals surface area contributed by atoms with Gasteiger partial charge in [-0.25, -0.2) is 0 Å². The van der Waals surface area contributed by atoms with Gasteiger partial charge in [-0.3, -0.25) is 19.8 Å². The first kappa shape index (κ1) is 18.2. The highest BCUT2D eigenvalue weighted by Gasteiger charge is 2.12. The number of rotatable bonds is 6. The predicted octanol–water partition coefficient (Wildman–Crippen LogP) is 3.97. The summed E-state index contributed by atoms with van der Waals surface area (Å²) in [7, 11) is 1.77. The minimum atomic E-state index is -0.450. The van der Waals surface area contributed by atoms with Crippen molar-refractivity contribution < 1.29 is 9.72 Å². The summed E-state index contributed by atoms with van der Waals surface area (Å²) in [6.45, 7) is 0.597. The van der Waals surface area contributed by atoms with Crippen LogP contribution in [-0.2, 0) is 11.3 Å². The van der Waals surface area contributed by atoms with Gasteiger partial charge in [0.2, 0.25) is 5.91 Å². The van der Waals surface area contributed by atoms with E-state index in [1.165, 1.54) is 12.1 Å². The summed E-state index contributed by atoms with van der Waals surface area (Å²) in [6, 6.07) is 11.2. The molecule has 0 aliphatic rings. The Labute approximate surface area is 149 Å². The summed E-state index contributed by atoms with van der Waals surface area (Å²) in [4.78, 5) is 24.1. The Morgan fingerprint density at radius 2 is 1.75 bits per heavy atom. The molecule has 0 aliphatic heterocycles. The summed E-state index contributed by atoms with van der Waals surface area (Å²) in [6.07, 6.45) is 0. The van der Waals surface area contributed by atoms with Crippen molar-refractivity contribution in [2.45, 2.75) is 6.54 Å². The molecule has 1 N–H and O–H groups in total. The summed E-state index contributed by atoms with van der Waals surface area (Å²) < 4.78 is 0. The van der Waals surface area contributed by atoms with Crippen LogP contribution in [0.2, 0.25) is 10.0 Å². The fourth-order valence-corrected chi connectivity index (χ4v) is 2.62. The molecule has 24 heavy (non-hydrogen) atoms. The van der Waals surface area contributed by atoms with E-state index in [9.17, 15) is 14.9 Å². The van der Waals surface area contributed by atoms with Gasteiger partial charge in [0.15, 0.2) is 0 Å². The van der Waals surface area contributed by atoms with Crippen LogP contribution in [0.5, 0.6) is 0 Å². The molecule has 0 aromatic heterocycles. The molecule has 0 unspecified atom stereocenters. The smallest absolute Gasteiger partial charge is 0.269 e. The molecular formula is C16H15Cl2N3O3. The molecule has 0 aliphatic carbocycles. The topological polar surface area (TPSA) is 75.5 Å². The number of carbonyl (C=O) groups is 1. The molecule has 0 spiro atoms. The van der Waals surface area contributed by atoms with E-state index in [2.05, 4.69) is 5.32 Å². The van der Waals surface area contributed by atoms with Crippen LogP contribution in [0.15, 0.2) is 42.5 Å². The third-order valence-electron chi connectivity index (χ3n) is 3.24. The van der Waals surface area contributed by atoms with Gasteiger partial charge < -0.3 is 5.32 Å². The van der Waals surface area contributed by atoms with Gasteiger partial charge in [0, 0.05) is 18.7 Å². The third kappa shape index (κ3) is 4.92. The van der Waals surface area contributed by atoms with Crippen LogP contribution in [0, 0.1) is 10.1 Å². The van der Waals surface area contributed by atoms with Gasteiger partial charge in [0.1, 0.15) is 0 Å². The van der Waals surface area contributed by atoms with Crippen LogP contribution in [0.1, 0.15) is 5.56 Å². The SMILES string of the molecule is CN(CC(=O)Nc1c(Cl)cccc1Cl)Cc1ccc([N+](=O)[O-])cc1. The second-order valence-corrected chi connectivity index (χ2v) is 6.06. The summed E-state index contributed by atoms with van der Waals surface area (Å²) in [5.74, 6) is -0.255. The van der Waals surface area contributed by atoms with Crippen LogP contribution in [0.3, 0.4) is 0 Å². The summed E-state index contributed by atoms with van der Waals surface area (Å²) in [5.41, 5.74) is 1.29. The zero-order valence-electron chi connectivity index (χ0n) is 12.8. The predicted molar refractivity (Wildman–Crippen MR) is 94.5 cm³/mol. The number of para-hydroxylation sites is 1. The van der Waals surface area contributed by atoms with Crippen molar-refractivity contribution in [1.82, 2.24) is 4.90 Å². The Hall–Kier alpha value is -2.15. The fourth-order valence-electron chi connectivity index (χ4n) is 2.13. The molecule has 0 saturated carbocycles. The van der Waals surface area contributed by atoms with Crippen molar-refractivity contribution in [2.75, 3.05) is 18.9 Å². The second-order valence-electron chi connectivity index (χ2n) is 5.24. The van der Waals surface area contributed by atoms with E-state index in [1.54, 1.807) is 42.3 Å². The van der Waals surface area contributed by atoms with Crippen LogP contribution >= 0.6 is 23.2 Å². The molecule has 0 atom stereocenters. The Balaban J connectivity index is 1.93. The van der Waals surface area contributed by atoms with Crippen molar-refractivity contribution >= 4 is 40.5 Å². The lowest BCUT2D eigenvalue weighted by Gasteiger charge is -2.17. The Bertz CT molecular complexity index is 730. The number of hydrogen-bond donors (Lipinski definition) is 1. The molecule has 0 heterocycles. The third-order valence-corrected chi connectivity index (χ3v) is 3.87. The number of halogens is 2. The van der Waals surface area contributed by atoms with E-state index in [-0.39, 0.29) is 18.1 Å². The van der Waals surface area contributed by atoms with E-state index in [4.69, 9.17) is 23.2 Å². The van der Waals surface area contributed by atoms with Crippen LogP contribution in [0.4, 0.5) is 11.4 Å². The van der Waals surface area contributed by atoms with E-state index < -0.39 is 4.92 Å². The lowest BCUT2D eigenvalue weighted by Crippen LogP contribution is -2.30. The van der Waals surface area contributed by atoms with Gasteiger partial charge in [0.25, 0.3) is 5.69 Å². The average Bonchev–Trinajstić information content (AvgIpc) is 2.51. The summed E-state index contributed by atoms with van der Waals surface area (Å²) >= 11 is 12.0. The quantitative estimate of drug-likeness (QED) is 0.618. The number of non-ortho nitro benzene ring substituents is 1. The zero-order valence-corrected chi connectivity index (χ0v) is 14.3. The molecule has 8 heteroatoms. The van der Waals surface area contributed by atoms with Gasteiger partial charge in [-0.2, -0.15) is 0 Å². The second kappa shape index (κ2) is 8.10. The number of nitro benzene ring substituents is 1. The highest BCUT2D eigenvalue weighted by atomic mass is 35.5. The normalized spacial score (nSPS) is 10.7. The molecule has 2 aromatic carbocycles. The van der Waals surface area contributed by atoms with Gasteiger partial charge in [-0.05, 0) is 24.7 Å². The van der Waals surface area contributed by atoms with Crippen LogP contribution < -0.4 is 5.32 Å². The molecule has 2 rings (SSSR count). The molecule has 126 valence electrons. The molecule has 1 amide bonds. The van der Waals surface area contributed by atoms with E-state index in [1.807, 2.05) is 0 Å². The Morgan fingerprint density at radius 3 is 2.29 bits per heavy atom. The van der Waals surface area contributed by atoms with Crippen molar-refractivity contribution in [3.63, 3.8) is 0 Å². The first-order valence-corrected chi connectivity index (χ1v) is 7.78. The lowest BCUT2D eigenvalue weighted by atomic mass is 10.2. The Kier molecular flexibility index (Phi) is 6.14. The summed E-state index contributed by atoms with van der Waals surface area (Å²) in [5, 5.41) is 14.1. The average molecular weight is 368 g/mol. The van der Waals surface area contributed by atoms with Crippen molar-refractivity contribution in [3.8, 4) is 0 Å². The minimum absolute atomic E-state index is 0.0347. The fraction of sp³-hybridized carbons (Fsp3) is 0.188. The number of amides is 1. The first-order valence-electron chi connectivity index (χ1n) is 7.02. The molecule has 0 fully saturated rings. The van der Waals surface area contributed by atoms with Crippen molar-refractivity contribution in [1.29, 1.82) is 0 Å². The number of hydrogen-bond acceptors (Lipinski definition) is 4.